The maximum absolute atomic E-state index is 5.47. The van der Waals surface area contributed by atoms with Crippen LogP contribution in [0.5, 0.6) is 0 Å². The van der Waals surface area contributed by atoms with E-state index in [0.717, 1.165) is 37.8 Å². The van der Waals surface area contributed by atoms with Gasteiger partial charge in [0.1, 0.15) is 0 Å². The second-order valence-electron chi connectivity index (χ2n) is 4.36. The maximum Gasteiger partial charge on any atom is 0.0622 e. The lowest BCUT2D eigenvalue weighted by molar-refractivity contribution is -0.00968. The zero-order valence-electron chi connectivity index (χ0n) is 8.12. The summed E-state index contributed by atoms with van der Waals surface area (Å²) < 4.78 is 5.47. The van der Waals surface area contributed by atoms with Gasteiger partial charge in [0, 0.05) is 18.6 Å². The smallest absolute Gasteiger partial charge is 0.0622 e. The predicted octanol–water partition coefficient (Wildman–Crippen LogP) is 1.51. The van der Waals surface area contributed by atoms with E-state index in [1.54, 1.807) is 0 Å². The number of morpholine rings is 1. The first-order chi connectivity index (χ1) is 5.79. The van der Waals surface area contributed by atoms with Crippen LogP contribution in [0.3, 0.4) is 0 Å². The Morgan fingerprint density at radius 1 is 1.33 bits per heavy atom. The van der Waals surface area contributed by atoms with Crippen molar-refractivity contribution in [2.24, 2.45) is 5.92 Å². The van der Waals surface area contributed by atoms with Gasteiger partial charge in [-0.25, -0.2) is 0 Å². The Morgan fingerprint density at radius 3 is 2.92 bits per heavy atom. The SMILES string of the molecule is CC(C)C1CC[C@H]2COCCN12. The zero-order chi connectivity index (χ0) is 8.55. The van der Waals surface area contributed by atoms with Gasteiger partial charge in [-0.15, -0.1) is 0 Å². The fourth-order valence-corrected chi connectivity index (χ4v) is 2.60. The second kappa shape index (κ2) is 3.35. The molecule has 2 heterocycles. The normalized spacial score (nSPS) is 37.2. The average Bonchev–Trinajstić information content (AvgIpc) is 2.47. The van der Waals surface area contributed by atoms with Crippen molar-refractivity contribution in [2.75, 3.05) is 19.8 Å². The molecule has 2 atom stereocenters. The van der Waals surface area contributed by atoms with E-state index >= 15 is 0 Å². The highest BCUT2D eigenvalue weighted by molar-refractivity contribution is 4.90. The van der Waals surface area contributed by atoms with Crippen LogP contribution in [-0.4, -0.2) is 36.7 Å². The molecule has 0 saturated carbocycles. The number of rotatable bonds is 1. The summed E-state index contributed by atoms with van der Waals surface area (Å²) in [6.07, 6.45) is 2.73. The number of hydrogen-bond donors (Lipinski definition) is 0. The van der Waals surface area contributed by atoms with Crippen molar-refractivity contribution < 1.29 is 4.74 Å². The van der Waals surface area contributed by atoms with E-state index in [-0.39, 0.29) is 0 Å². The van der Waals surface area contributed by atoms with Gasteiger partial charge in [0.05, 0.1) is 13.2 Å². The first-order valence-corrected chi connectivity index (χ1v) is 5.12. The van der Waals surface area contributed by atoms with E-state index in [1.165, 1.54) is 12.8 Å². The summed E-state index contributed by atoms with van der Waals surface area (Å²) in [6, 6.07) is 1.57. The Bertz CT molecular complexity index is 158. The van der Waals surface area contributed by atoms with Crippen LogP contribution in [0.15, 0.2) is 0 Å². The Morgan fingerprint density at radius 2 is 2.17 bits per heavy atom. The molecular formula is C10H19NO. The van der Waals surface area contributed by atoms with Gasteiger partial charge in [-0.3, -0.25) is 4.90 Å². The molecule has 0 amide bonds. The summed E-state index contributed by atoms with van der Waals surface area (Å²) in [4.78, 5) is 2.66. The first-order valence-electron chi connectivity index (χ1n) is 5.12. The van der Waals surface area contributed by atoms with Crippen LogP contribution in [0.2, 0.25) is 0 Å². The van der Waals surface area contributed by atoms with Crippen molar-refractivity contribution in [3.05, 3.63) is 0 Å². The van der Waals surface area contributed by atoms with Crippen molar-refractivity contribution in [2.45, 2.75) is 38.8 Å². The molecule has 0 N–H and O–H groups in total. The van der Waals surface area contributed by atoms with Crippen molar-refractivity contribution in [1.82, 2.24) is 4.90 Å². The zero-order valence-corrected chi connectivity index (χ0v) is 8.12. The molecular weight excluding hydrogens is 150 g/mol. The van der Waals surface area contributed by atoms with E-state index < -0.39 is 0 Å². The predicted molar refractivity (Wildman–Crippen MR) is 49.2 cm³/mol. The van der Waals surface area contributed by atoms with Gasteiger partial charge in [0.15, 0.2) is 0 Å². The Kier molecular flexibility index (Phi) is 2.37. The highest BCUT2D eigenvalue weighted by atomic mass is 16.5. The van der Waals surface area contributed by atoms with E-state index in [0.29, 0.717) is 0 Å². The third-order valence-electron chi connectivity index (χ3n) is 3.26. The van der Waals surface area contributed by atoms with E-state index in [1.807, 2.05) is 0 Å². The molecule has 1 unspecified atom stereocenters. The van der Waals surface area contributed by atoms with Gasteiger partial charge in [-0.2, -0.15) is 0 Å². The van der Waals surface area contributed by atoms with Crippen molar-refractivity contribution in [3.63, 3.8) is 0 Å². The summed E-state index contributed by atoms with van der Waals surface area (Å²) in [5.74, 6) is 0.813. The lowest BCUT2D eigenvalue weighted by Gasteiger charge is -2.35. The van der Waals surface area contributed by atoms with Gasteiger partial charge < -0.3 is 4.74 Å². The molecule has 2 rings (SSSR count). The fraction of sp³-hybridized carbons (Fsp3) is 1.00. The monoisotopic (exact) mass is 169 g/mol. The lowest BCUT2D eigenvalue weighted by Crippen LogP contribution is -2.46. The van der Waals surface area contributed by atoms with E-state index in [9.17, 15) is 0 Å². The van der Waals surface area contributed by atoms with Crippen molar-refractivity contribution in [3.8, 4) is 0 Å². The standard InChI is InChI=1S/C10H19NO/c1-8(2)10-4-3-9-7-12-6-5-11(9)10/h8-10H,3-7H2,1-2H3/t9-,10?/m0/s1. The quantitative estimate of drug-likeness (QED) is 0.590. The van der Waals surface area contributed by atoms with Crippen LogP contribution in [0.4, 0.5) is 0 Å². The summed E-state index contributed by atoms with van der Waals surface area (Å²) >= 11 is 0. The van der Waals surface area contributed by atoms with E-state index in [4.69, 9.17) is 4.74 Å². The average molecular weight is 169 g/mol. The van der Waals surface area contributed by atoms with Crippen LogP contribution in [0.1, 0.15) is 26.7 Å². The highest BCUT2D eigenvalue weighted by Crippen LogP contribution is 2.30. The summed E-state index contributed by atoms with van der Waals surface area (Å²) in [5, 5.41) is 0. The molecule has 2 nitrogen and oxygen atoms in total. The minimum atomic E-state index is 0.742. The van der Waals surface area contributed by atoms with Crippen LogP contribution >= 0.6 is 0 Å². The molecule has 0 aromatic carbocycles. The second-order valence-corrected chi connectivity index (χ2v) is 4.36. The molecule has 0 aromatic rings. The molecule has 2 saturated heterocycles. The van der Waals surface area contributed by atoms with Crippen LogP contribution in [0, 0.1) is 5.92 Å². The molecule has 0 aromatic heterocycles. The summed E-state index contributed by atoms with van der Waals surface area (Å²) in [5.41, 5.74) is 0. The van der Waals surface area contributed by atoms with Crippen LogP contribution in [-0.2, 0) is 4.74 Å². The molecule has 0 aliphatic carbocycles. The molecule has 2 fully saturated rings. The Hall–Kier alpha value is -0.0800. The Balaban J connectivity index is 2.01. The largest absolute Gasteiger partial charge is 0.378 e. The summed E-state index contributed by atoms with van der Waals surface area (Å²) in [7, 11) is 0. The molecule has 0 radical (unpaired) electrons. The van der Waals surface area contributed by atoms with Gasteiger partial charge in [-0.05, 0) is 18.8 Å². The molecule has 70 valence electrons. The van der Waals surface area contributed by atoms with Gasteiger partial charge in [0.2, 0.25) is 0 Å². The lowest BCUT2D eigenvalue weighted by atomic mass is 10.0. The molecule has 12 heavy (non-hydrogen) atoms. The molecule has 0 spiro atoms. The van der Waals surface area contributed by atoms with Gasteiger partial charge >= 0.3 is 0 Å². The topological polar surface area (TPSA) is 12.5 Å². The van der Waals surface area contributed by atoms with Gasteiger partial charge in [-0.1, -0.05) is 13.8 Å². The maximum atomic E-state index is 5.47. The van der Waals surface area contributed by atoms with Crippen molar-refractivity contribution in [1.29, 1.82) is 0 Å². The number of ether oxygens (including phenoxy) is 1. The third-order valence-corrected chi connectivity index (χ3v) is 3.26. The molecule has 2 aliphatic rings. The minimum Gasteiger partial charge on any atom is -0.378 e. The molecule has 0 bridgehead atoms. The van der Waals surface area contributed by atoms with Crippen LogP contribution in [0.25, 0.3) is 0 Å². The van der Waals surface area contributed by atoms with Gasteiger partial charge in [0.25, 0.3) is 0 Å². The molecule has 2 aliphatic heterocycles. The molecule has 2 heteroatoms. The fourth-order valence-electron chi connectivity index (χ4n) is 2.60. The third kappa shape index (κ3) is 1.38. The van der Waals surface area contributed by atoms with Crippen molar-refractivity contribution >= 4 is 0 Å². The number of nitrogens with zero attached hydrogens (tertiary/aromatic N) is 1. The van der Waals surface area contributed by atoms with Crippen LogP contribution < -0.4 is 0 Å². The minimum absolute atomic E-state index is 0.742. The Labute approximate surface area is 74.9 Å². The number of hydrogen-bond acceptors (Lipinski definition) is 2. The highest BCUT2D eigenvalue weighted by Gasteiger charge is 2.36. The van der Waals surface area contributed by atoms with E-state index in [2.05, 4.69) is 18.7 Å². The number of fused-ring (bicyclic) bond motifs is 1. The first kappa shape index (κ1) is 8.52. The summed E-state index contributed by atoms with van der Waals surface area (Å²) in [6.45, 7) is 7.75.